The summed E-state index contributed by atoms with van der Waals surface area (Å²) in [6.45, 7) is 9.76. The maximum absolute atomic E-state index is 13.7. The van der Waals surface area contributed by atoms with E-state index in [9.17, 15) is 9.18 Å². The van der Waals surface area contributed by atoms with Crippen LogP contribution in [0.2, 0.25) is 0 Å². The van der Waals surface area contributed by atoms with Gasteiger partial charge < -0.3 is 14.8 Å². The van der Waals surface area contributed by atoms with Gasteiger partial charge in [0.15, 0.2) is 11.6 Å². The van der Waals surface area contributed by atoms with Crippen LogP contribution >= 0.6 is 0 Å². The third-order valence-corrected chi connectivity index (χ3v) is 3.07. The summed E-state index contributed by atoms with van der Waals surface area (Å²) in [5.74, 6) is -0.439. The zero-order valence-corrected chi connectivity index (χ0v) is 14.2. The van der Waals surface area contributed by atoms with Crippen LogP contribution in [0.3, 0.4) is 0 Å². The molecule has 0 fully saturated rings. The van der Waals surface area contributed by atoms with Crippen molar-refractivity contribution in [1.82, 2.24) is 5.32 Å². The molecule has 124 valence electrons. The number of rotatable bonds is 6. The van der Waals surface area contributed by atoms with Crippen molar-refractivity contribution in [3.63, 3.8) is 0 Å². The fourth-order valence-corrected chi connectivity index (χ4v) is 2.00. The molecule has 0 aromatic heterocycles. The number of halogens is 1. The Labute approximate surface area is 132 Å². The molecule has 0 saturated heterocycles. The SMILES string of the molecule is COc1ccc(CN[C@@H](C(=O)OC(C)(C)C)C(C)C)cc1F. The third-order valence-electron chi connectivity index (χ3n) is 3.07. The van der Waals surface area contributed by atoms with Crippen molar-refractivity contribution in [2.45, 2.75) is 52.8 Å². The minimum atomic E-state index is -0.530. The molecule has 0 amide bonds. The molecular weight excluding hydrogens is 285 g/mol. The van der Waals surface area contributed by atoms with Gasteiger partial charge in [-0.15, -0.1) is 0 Å². The van der Waals surface area contributed by atoms with E-state index >= 15 is 0 Å². The lowest BCUT2D eigenvalue weighted by atomic mass is 10.0. The molecule has 1 atom stereocenters. The van der Waals surface area contributed by atoms with Crippen LogP contribution in [0.5, 0.6) is 5.75 Å². The average molecular weight is 311 g/mol. The van der Waals surface area contributed by atoms with Crippen molar-refractivity contribution in [3.8, 4) is 5.75 Å². The van der Waals surface area contributed by atoms with E-state index in [1.807, 2.05) is 34.6 Å². The number of nitrogens with one attached hydrogen (secondary N) is 1. The predicted octanol–water partition coefficient (Wildman–Crippen LogP) is 3.29. The van der Waals surface area contributed by atoms with Crippen molar-refractivity contribution in [2.75, 3.05) is 7.11 Å². The van der Waals surface area contributed by atoms with Crippen molar-refractivity contribution in [2.24, 2.45) is 5.92 Å². The van der Waals surface area contributed by atoms with E-state index in [2.05, 4.69) is 5.32 Å². The molecule has 0 radical (unpaired) electrons. The van der Waals surface area contributed by atoms with Crippen LogP contribution in [-0.4, -0.2) is 24.7 Å². The molecule has 4 nitrogen and oxygen atoms in total. The number of carbonyl (C=O) groups excluding carboxylic acids is 1. The van der Waals surface area contributed by atoms with Gasteiger partial charge in [0, 0.05) is 6.54 Å². The summed E-state index contributed by atoms with van der Waals surface area (Å²) in [7, 11) is 1.42. The number of hydrogen-bond acceptors (Lipinski definition) is 4. The highest BCUT2D eigenvalue weighted by Gasteiger charge is 2.27. The topological polar surface area (TPSA) is 47.6 Å². The standard InChI is InChI=1S/C17H26FNO3/c1-11(2)15(16(20)22-17(3,4)5)19-10-12-7-8-14(21-6)13(18)9-12/h7-9,11,15,19H,10H2,1-6H3/t15-/m1/s1. The Kier molecular flexibility index (Phi) is 6.35. The fourth-order valence-electron chi connectivity index (χ4n) is 2.00. The summed E-state index contributed by atoms with van der Waals surface area (Å²) in [4.78, 5) is 12.2. The first kappa shape index (κ1) is 18.4. The first-order valence-electron chi connectivity index (χ1n) is 7.42. The van der Waals surface area contributed by atoms with Gasteiger partial charge in [0.1, 0.15) is 11.6 Å². The molecule has 5 heteroatoms. The van der Waals surface area contributed by atoms with E-state index in [4.69, 9.17) is 9.47 Å². The minimum Gasteiger partial charge on any atom is -0.494 e. The number of esters is 1. The zero-order valence-electron chi connectivity index (χ0n) is 14.2. The highest BCUT2D eigenvalue weighted by molar-refractivity contribution is 5.76. The summed E-state index contributed by atoms with van der Waals surface area (Å²) >= 11 is 0. The summed E-state index contributed by atoms with van der Waals surface area (Å²) in [6, 6.07) is 4.30. The minimum absolute atomic E-state index is 0.0675. The molecule has 0 bridgehead atoms. The van der Waals surface area contributed by atoms with Crippen LogP contribution in [0.1, 0.15) is 40.2 Å². The molecule has 0 saturated carbocycles. The first-order chi connectivity index (χ1) is 10.1. The highest BCUT2D eigenvalue weighted by Crippen LogP contribution is 2.18. The van der Waals surface area contributed by atoms with Crippen LogP contribution in [0.15, 0.2) is 18.2 Å². The Morgan fingerprint density at radius 1 is 1.32 bits per heavy atom. The van der Waals surface area contributed by atoms with Gasteiger partial charge in [0.2, 0.25) is 0 Å². The molecule has 0 unspecified atom stereocenters. The van der Waals surface area contributed by atoms with Crippen molar-refractivity contribution < 1.29 is 18.7 Å². The summed E-state index contributed by atoms with van der Waals surface area (Å²) in [5.41, 5.74) is 0.213. The van der Waals surface area contributed by atoms with E-state index in [0.717, 1.165) is 5.56 Å². The van der Waals surface area contributed by atoms with Gasteiger partial charge in [-0.2, -0.15) is 0 Å². The number of ether oxygens (including phenoxy) is 2. The lowest BCUT2D eigenvalue weighted by Crippen LogP contribution is -2.44. The Morgan fingerprint density at radius 2 is 1.95 bits per heavy atom. The van der Waals surface area contributed by atoms with Gasteiger partial charge in [-0.1, -0.05) is 19.9 Å². The maximum Gasteiger partial charge on any atom is 0.323 e. The number of carbonyl (C=O) groups is 1. The number of methoxy groups -OCH3 is 1. The van der Waals surface area contributed by atoms with Gasteiger partial charge in [-0.25, -0.2) is 4.39 Å². The Bertz CT molecular complexity index is 509. The maximum atomic E-state index is 13.7. The predicted molar refractivity (Wildman–Crippen MR) is 84.3 cm³/mol. The van der Waals surface area contributed by atoms with Gasteiger partial charge >= 0.3 is 5.97 Å². The second-order valence-corrected chi connectivity index (χ2v) is 6.60. The molecule has 0 aliphatic heterocycles. The van der Waals surface area contributed by atoms with E-state index in [1.165, 1.54) is 13.2 Å². The van der Waals surface area contributed by atoms with Crippen molar-refractivity contribution in [3.05, 3.63) is 29.6 Å². The molecule has 1 aromatic carbocycles. The van der Waals surface area contributed by atoms with E-state index in [0.29, 0.717) is 6.54 Å². The summed E-state index contributed by atoms with van der Waals surface area (Å²) < 4.78 is 24.0. The largest absolute Gasteiger partial charge is 0.494 e. The van der Waals surface area contributed by atoms with Crippen LogP contribution in [0, 0.1) is 11.7 Å². The van der Waals surface area contributed by atoms with Crippen molar-refractivity contribution in [1.29, 1.82) is 0 Å². The average Bonchev–Trinajstić information content (AvgIpc) is 2.36. The Balaban J connectivity index is 2.72. The molecule has 1 rings (SSSR count). The smallest absolute Gasteiger partial charge is 0.323 e. The van der Waals surface area contributed by atoms with Crippen LogP contribution in [0.25, 0.3) is 0 Å². The lowest BCUT2D eigenvalue weighted by molar-refractivity contribution is -0.158. The van der Waals surface area contributed by atoms with Gasteiger partial charge in [0.05, 0.1) is 7.11 Å². The van der Waals surface area contributed by atoms with Crippen LogP contribution in [0.4, 0.5) is 4.39 Å². The number of benzene rings is 1. The molecule has 0 heterocycles. The van der Waals surface area contributed by atoms with Crippen molar-refractivity contribution >= 4 is 5.97 Å². The third kappa shape index (κ3) is 5.64. The first-order valence-corrected chi connectivity index (χ1v) is 7.42. The molecule has 0 aliphatic rings. The molecule has 0 spiro atoms. The van der Waals surface area contributed by atoms with Gasteiger partial charge in [-0.3, -0.25) is 4.79 Å². The molecule has 0 aliphatic carbocycles. The van der Waals surface area contributed by atoms with Crippen LogP contribution in [-0.2, 0) is 16.1 Å². The second kappa shape index (κ2) is 7.58. The molecule has 22 heavy (non-hydrogen) atoms. The molecular formula is C17H26FNO3. The van der Waals surface area contributed by atoms with E-state index in [-0.39, 0.29) is 17.6 Å². The highest BCUT2D eigenvalue weighted by atomic mass is 19.1. The summed E-state index contributed by atoms with van der Waals surface area (Å²) in [5, 5.41) is 3.14. The normalized spacial score (nSPS) is 13.1. The van der Waals surface area contributed by atoms with Crippen LogP contribution < -0.4 is 10.1 Å². The fraction of sp³-hybridized carbons (Fsp3) is 0.588. The molecule has 1 N–H and O–H groups in total. The second-order valence-electron chi connectivity index (χ2n) is 6.60. The van der Waals surface area contributed by atoms with E-state index in [1.54, 1.807) is 12.1 Å². The monoisotopic (exact) mass is 311 g/mol. The Hall–Kier alpha value is -1.62. The quantitative estimate of drug-likeness (QED) is 0.819. The van der Waals surface area contributed by atoms with Gasteiger partial charge in [-0.05, 0) is 44.4 Å². The zero-order chi connectivity index (χ0) is 16.9. The number of hydrogen-bond donors (Lipinski definition) is 1. The lowest BCUT2D eigenvalue weighted by Gasteiger charge is -2.26. The van der Waals surface area contributed by atoms with E-state index < -0.39 is 17.5 Å². The summed E-state index contributed by atoms with van der Waals surface area (Å²) in [6.07, 6.45) is 0. The van der Waals surface area contributed by atoms with Gasteiger partial charge in [0.25, 0.3) is 0 Å². The Morgan fingerprint density at radius 3 is 2.41 bits per heavy atom. The molecule has 1 aromatic rings.